The molecule has 80 valence electrons. The highest BCUT2D eigenvalue weighted by molar-refractivity contribution is 4.59. The van der Waals surface area contributed by atoms with Gasteiger partial charge in [0.25, 0.3) is 0 Å². The summed E-state index contributed by atoms with van der Waals surface area (Å²) in [6.45, 7) is 9.00. The Morgan fingerprint density at radius 2 is 2.00 bits per heavy atom. The fourth-order valence-corrected chi connectivity index (χ4v) is 1.28. The fraction of sp³-hybridized carbons (Fsp3) is 1.00. The number of rotatable bonds is 8. The summed E-state index contributed by atoms with van der Waals surface area (Å²) in [4.78, 5) is 0. The van der Waals surface area contributed by atoms with Crippen molar-refractivity contribution < 1.29 is 5.11 Å². The standard InChI is InChI=1S/C11H25NO/c1-4-11(9-13)8-12-7-5-6-10(2)3/h10-13H,4-9H2,1-3H3. The quantitative estimate of drug-likeness (QED) is 0.570. The van der Waals surface area contributed by atoms with Crippen molar-refractivity contribution in [2.45, 2.75) is 40.0 Å². The fourth-order valence-electron chi connectivity index (χ4n) is 1.28. The van der Waals surface area contributed by atoms with Crippen molar-refractivity contribution in [3.63, 3.8) is 0 Å². The van der Waals surface area contributed by atoms with Crippen molar-refractivity contribution in [2.75, 3.05) is 19.7 Å². The first-order valence-electron chi connectivity index (χ1n) is 5.52. The van der Waals surface area contributed by atoms with Crippen LogP contribution in [-0.2, 0) is 0 Å². The largest absolute Gasteiger partial charge is 0.396 e. The van der Waals surface area contributed by atoms with E-state index in [1.807, 2.05) is 0 Å². The summed E-state index contributed by atoms with van der Waals surface area (Å²) in [5, 5.41) is 12.3. The van der Waals surface area contributed by atoms with E-state index in [2.05, 4.69) is 26.1 Å². The number of aliphatic hydroxyl groups excluding tert-OH is 1. The number of hydrogen-bond donors (Lipinski definition) is 2. The Balaban J connectivity index is 3.14. The minimum absolute atomic E-state index is 0.313. The van der Waals surface area contributed by atoms with Crippen LogP contribution in [-0.4, -0.2) is 24.8 Å². The van der Waals surface area contributed by atoms with Crippen molar-refractivity contribution in [1.82, 2.24) is 5.32 Å². The molecule has 0 aliphatic heterocycles. The van der Waals surface area contributed by atoms with Gasteiger partial charge in [-0.1, -0.05) is 20.8 Å². The lowest BCUT2D eigenvalue weighted by atomic mass is 10.1. The van der Waals surface area contributed by atoms with Gasteiger partial charge in [-0.2, -0.15) is 0 Å². The highest BCUT2D eigenvalue weighted by Crippen LogP contribution is 2.02. The maximum atomic E-state index is 8.93. The second kappa shape index (κ2) is 8.52. The summed E-state index contributed by atoms with van der Waals surface area (Å²) in [6, 6.07) is 0. The molecule has 1 atom stereocenters. The summed E-state index contributed by atoms with van der Waals surface area (Å²) < 4.78 is 0. The molecule has 0 aromatic rings. The molecule has 0 bridgehead atoms. The molecular formula is C11H25NO. The van der Waals surface area contributed by atoms with Gasteiger partial charge < -0.3 is 10.4 Å². The van der Waals surface area contributed by atoms with Crippen LogP contribution in [0.5, 0.6) is 0 Å². The molecule has 0 fully saturated rings. The zero-order valence-corrected chi connectivity index (χ0v) is 9.34. The molecular weight excluding hydrogens is 162 g/mol. The first-order chi connectivity index (χ1) is 6.20. The third-order valence-electron chi connectivity index (χ3n) is 2.40. The summed E-state index contributed by atoms with van der Waals surface area (Å²) in [5.41, 5.74) is 0. The molecule has 0 amide bonds. The minimum atomic E-state index is 0.313. The smallest absolute Gasteiger partial charge is 0.0471 e. The molecule has 0 saturated heterocycles. The number of aliphatic hydroxyl groups is 1. The van der Waals surface area contributed by atoms with Gasteiger partial charge in [-0.3, -0.25) is 0 Å². The summed E-state index contributed by atoms with van der Waals surface area (Å²) in [6.07, 6.45) is 3.61. The van der Waals surface area contributed by atoms with Crippen LogP contribution in [0.3, 0.4) is 0 Å². The molecule has 0 aliphatic carbocycles. The van der Waals surface area contributed by atoms with Gasteiger partial charge in [-0.15, -0.1) is 0 Å². The van der Waals surface area contributed by atoms with Gasteiger partial charge in [0.2, 0.25) is 0 Å². The maximum absolute atomic E-state index is 8.93. The lowest BCUT2D eigenvalue weighted by molar-refractivity contribution is 0.218. The van der Waals surface area contributed by atoms with E-state index in [1.165, 1.54) is 12.8 Å². The van der Waals surface area contributed by atoms with E-state index in [0.717, 1.165) is 25.4 Å². The highest BCUT2D eigenvalue weighted by Gasteiger charge is 2.02. The Bertz CT molecular complexity index is 100. The van der Waals surface area contributed by atoms with E-state index >= 15 is 0 Å². The monoisotopic (exact) mass is 187 g/mol. The summed E-state index contributed by atoms with van der Waals surface area (Å²) in [7, 11) is 0. The number of nitrogens with one attached hydrogen (secondary N) is 1. The van der Waals surface area contributed by atoms with Crippen LogP contribution in [0, 0.1) is 11.8 Å². The molecule has 0 rings (SSSR count). The van der Waals surface area contributed by atoms with Gasteiger partial charge in [0, 0.05) is 13.2 Å². The summed E-state index contributed by atoms with van der Waals surface area (Å²) >= 11 is 0. The van der Waals surface area contributed by atoms with Gasteiger partial charge in [-0.05, 0) is 37.6 Å². The van der Waals surface area contributed by atoms with E-state index in [9.17, 15) is 0 Å². The second-order valence-electron chi connectivity index (χ2n) is 4.20. The SMILES string of the molecule is CCC(CO)CNCCCC(C)C. The van der Waals surface area contributed by atoms with Crippen LogP contribution < -0.4 is 5.32 Å². The molecule has 2 N–H and O–H groups in total. The molecule has 0 aromatic heterocycles. The van der Waals surface area contributed by atoms with Gasteiger partial charge in [0.15, 0.2) is 0 Å². The minimum Gasteiger partial charge on any atom is -0.396 e. The Morgan fingerprint density at radius 1 is 1.31 bits per heavy atom. The molecule has 0 radical (unpaired) electrons. The Labute approximate surface area is 82.7 Å². The first kappa shape index (κ1) is 12.9. The van der Waals surface area contributed by atoms with E-state index in [-0.39, 0.29) is 0 Å². The zero-order chi connectivity index (χ0) is 10.1. The normalized spacial score (nSPS) is 13.6. The van der Waals surface area contributed by atoms with Crippen molar-refractivity contribution in [2.24, 2.45) is 11.8 Å². The predicted molar refractivity (Wildman–Crippen MR) is 57.8 cm³/mol. The molecule has 2 nitrogen and oxygen atoms in total. The lowest BCUT2D eigenvalue weighted by Gasteiger charge is -2.12. The molecule has 0 aliphatic rings. The zero-order valence-electron chi connectivity index (χ0n) is 9.34. The van der Waals surface area contributed by atoms with Gasteiger partial charge >= 0.3 is 0 Å². The average molecular weight is 187 g/mol. The Kier molecular flexibility index (Phi) is 8.46. The van der Waals surface area contributed by atoms with E-state index in [1.54, 1.807) is 0 Å². The average Bonchev–Trinajstić information content (AvgIpc) is 2.11. The lowest BCUT2D eigenvalue weighted by Crippen LogP contribution is -2.25. The summed E-state index contributed by atoms with van der Waals surface area (Å²) in [5.74, 6) is 1.25. The number of hydrogen-bond acceptors (Lipinski definition) is 2. The molecule has 0 aromatic carbocycles. The molecule has 13 heavy (non-hydrogen) atoms. The molecule has 0 spiro atoms. The third kappa shape index (κ3) is 8.26. The van der Waals surface area contributed by atoms with Crippen LogP contribution in [0.25, 0.3) is 0 Å². The van der Waals surface area contributed by atoms with Crippen LogP contribution >= 0.6 is 0 Å². The van der Waals surface area contributed by atoms with Gasteiger partial charge in [0.1, 0.15) is 0 Å². The third-order valence-corrected chi connectivity index (χ3v) is 2.40. The maximum Gasteiger partial charge on any atom is 0.0471 e. The first-order valence-corrected chi connectivity index (χ1v) is 5.52. The van der Waals surface area contributed by atoms with Crippen LogP contribution in [0.1, 0.15) is 40.0 Å². The van der Waals surface area contributed by atoms with E-state index in [4.69, 9.17) is 5.11 Å². The van der Waals surface area contributed by atoms with Crippen molar-refractivity contribution in [1.29, 1.82) is 0 Å². The van der Waals surface area contributed by atoms with Gasteiger partial charge in [0.05, 0.1) is 0 Å². The van der Waals surface area contributed by atoms with Crippen LogP contribution in [0.4, 0.5) is 0 Å². The second-order valence-corrected chi connectivity index (χ2v) is 4.20. The Morgan fingerprint density at radius 3 is 2.46 bits per heavy atom. The van der Waals surface area contributed by atoms with Crippen molar-refractivity contribution >= 4 is 0 Å². The Hall–Kier alpha value is -0.0800. The van der Waals surface area contributed by atoms with Crippen LogP contribution in [0.2, 0.25) is 0 Å². The van der Waals surface area contributed by atoms with Crippen LogP contribution in [0.15, 0.2) is 0 Å². The molecule has 0 saturated carbocycles. The van der Waals surface area contributed by atoms with E-state index in [0.29, 0.717) is 12.5 Å². The molecule has 1 unspecified atom stereocenters. The van der Waals surface area contributed by atoms with E-state index < -0.39 is 0 Å². The molecule has 0 heterocycles. The highest BCUT2D eigenvalue weighted by atomic mass is 16.3. The predicted octanol–water partition coefficient (Wildman–Crippen LogP) is 2.03. The molecule has 2 heteroatoms. The van der Waals surface area contributed by atoms with Crippen molar-refractivity contribution in [3.8, 4) is 0 Å². The van der Waals surface area contributed by atoms with Crippen molar-refractivity contribution in [3.05, 3.63) is 0 Å². The topological polar surface area (TPSA) is 32.3 Å². The van der Waals surface area contributed by atoms with Gasteiger partial charge in [-0.25, -0.2) is 0 Å².